The maximum atomic E-state index is 12.3. The number of carbonyl (C=O) groups excluding carboxylic acids is 3. The van der Waals surface area contributed by atoms with E-state index >= 15 is 0 Å². The minimum absolute atomic E-state index is 0.311. The van der Waals surface area contributed by atoms with Gasteiger partial charge in [-0.2, -0.15) is 5.10 Å². The second kappa shape index (κ2) is 12.2. The fourth-order valence-electron chi connectivity index (χ4n) is 2.65. The van der Waals surface area contributed by atoms with Crippen molar-refractivity contribution in [2.45, 2.75) is 13.3 Å². The number of carbonyl (C=O) groups is 3. The number of halogens is 1. The maximum absolute atomic E-state index is 12.3. The highest BCUT2D eigenvalue weighted by Crippen LogP contribution is 2.20. The molecule has 0 saturated carbocycles. The lowest BCUT2D eigenvalue weighted by Crippen LogP contribution is -2.32. The third-order valence-corrected chi connectivity index (χ3v) is 4.69. The monoisotopic (exact) mass is 479 g/mol. The Kier molecular flexibility index (Phi) is 8.76. The van der Waals surface area contributed by atoms with Gasteiger partial charge in [-0.15, -0.1) is 0 Å². The first-order chi connectivity index (χ1) is 16.5. The van der Waals surface area contributed by atoms with Crippen LogP contribution in [0.2, 0.25) is 5.02 Å². The van der Waals surface area contributed by atoms with E-state index in [4.69, 9.17) is 21.1 Å². The van der Waals surface area contributed by atoms with Crippen LogP contribution < -0.4 is 20.2 Å². The van der Waals surface area contributed by atoms with Crippen LogP contribution in [0.3, 0.4) is 0 Å². The Labute approximate surface area is 201 Å². The summed E-state index contributed by atoms with van der Waals surface area (Å²) in [6, 6.07) is 19.7. The molecule has 3 aromatic carbocycles. The number of esters is 1. The summed E-state index contributed by atoms with van der Waals surface area (Å²) in [4.78, 5) is 36.1. The van der Waals surface area contributed by atoms with Crippen LogP contribution in [0.1, 0.15) is 29.3 Å². The standard InChI is InChI=1S/C25H22ClN3O5/c1-2-15-33-19-13-9-18(10-14-19)25(32)34-20-11-7-17(8-12-20)16-27-29-24(31)23(30)28-22-6-4-3-5-21(22)26/h3-14,16H,2,15H2,1H3,(H,28,30)(H,29,31). The van der Waals surface area contributed by atoms with Crippen molar-refractivity contribution in [1.29, 1.82) is 0 Å². The highest BCUT2D eigenvalue weighted by Gasteiger charge is 2.14. The van der Waals surface area contributed by atoms with Crippen LogP contribution in [-0.4, -0.2) is 30.6 Å². The molecule has 0 radical (unpaired) electrons. The van der Waals surface area contributed by atoms with E-state index in [0.29, 0.717) is 39.9 Å². The lowest BCUT2D eigenvalue weighted by atomic mass is 10.2. The molecule has 3 rings (SSSR count). The van der Waals surface area contributed by atoms with Crippen LogP contribution in [0.15, 0.2) is 77.9 Å². The number of hydrazone groups is 1. The first-order valence-corrected chi connectivity index (χ1v) is 10.8. The van der Waals surface area contributed by atoms with E-state index in [1.54, 1.807) is 72.8 Å². The van der Waals surface area contributed by atoms with Gasteiger partial charge in [0.2, 0.25) is 0 Å². The quantitative estimate of drug-likeness (QED) is 0.163. The van der Waals surface area contributed by atoms with Crippen LogP contribution >= 0.6 is 11.6 Å². The van der Waals surface area contributed by atoms with Gasteiger partial charge in [0.1, 0.15) is 11.5 Å². The molecule has 174 valence electrons. The molecule has 0 saturated heterocycles. The number of para-hydroxylation sites is 1. The first kappa shape index (κ1) is 24.5. The van der Waals surface area contributed by atoms with Gasteiger partial charge < -0.3 is 14.8 Å². The molecule has 2 amide bonds. The number of benzene rings is 3. The lowest BCUT2D eigenvalue weighted by Gasteiger charge is -2.07. The van der Waals surface area contributed by atoms with Gasteiger partial charge in [-0.3, -0.25) is 9.59 Å². The zero-order chi connectivity index (χ0) is 24.3. The number of nitrogens with one attached hydrogen (secondary N) is 2. The summed E-state index contributed by atoms with van der Waals surface area (Å²) in [6.45, 7) is 2.63. The van der Waals surface area contributed by atoms with Crippen molar-refractivity contribution in [3.05, 3.63) is 88.9 Å². The van der Waals surface area contributed by atoms with Crippen molar-refractivity contribution in [3.8, 4) is 11.5 Å². The van der Waals surface area contributed by atoms with E-state index in [9.17, 15) is 14.4 Å². The van der Waals surface area contributed by atoms with Crippen molar-refractivity contribution < 1.29 is 23.9 Å². The number of hydrogen-bond donors (Lipinski definition) is 2. The van der Waals surface area contributed by atoms with Gasteiger partial charge in [-0.25, -0.2) is 10.2 Å². The molecule has 3 aromatic rings. The molecule has 0 aliphatic carbocycles. The average Bonchev–Trinajstić information content (AvgIpc) is 2.85. The largest absolute Gasteiger partial charge is 0.494 e. The van der Waals surface area contributed by atoms with E-state index in [0.717, 1.165) is 6.42 Å². The molecule has 9 heteroatoms. The fourth-order valence-corrected chi connectivity index (χ4v) is 2.84. The first-order valence-electron chi connectivity index (χ1n) is 10.4. The molecule has 2 N–H and O–H groups in total. The van der Waals surface area contributed by atoms with Crippen molar-refractivity contribution in [2.24, 2.45) is 5.10 Å². The second-order valence-electron chi connectivity index (χ2n) is 6.96. The molecule has 0 aromatic heterocycles. The molecule has 0 spiro atoms. The van der Waals surface area contributed by atoms with Gasteiger partial charge in [-0.05, 0) is 72.6 Å². The number of rotatable bonds is 8. The molecular formula is C25H22ClN3O5. The molecular weight excluding hydrogens is 458 g/mol. The van der Waals surface area contributed by atoms with Crippen LogP contribution in [-0.2, 0) is 9.59 Å². The molecule has 0 heterocycles. The Bertz CT molecular complexity index is 1180. The highest BCUT2D eigenvalue weighted by atomic mass is 35.5. The minimum Gasteiger partial charge on any atom is -0.494 e. The summed E-state index contributed by atoms with van der Waals surface area (Å²) < 4.78 is 10.9. The van der Waals surface area contributed by atoms with E-state index in [-0.39, 0.29) is 0 Å². The molecule has 0 unspecified atom stereocenters. The van der Waals surface area contributed by atoms with Crippen molar-refractivity contribution in [2.75, 3.05) is 11.9 Å². The molecule has 0 fully saturated rings. The van der Waals surface area contributed by atoms with Crippen LogP contribution in [0.25, 0.3) is 0 Å². The number of ether oxygens (including phenoxy) is 2. The maximum Gasteiger partial charge on any atom is 0.343 e. The molecule has 8 nitrogen and oxygen atoms in total. The topological polar surface area (TPSA) is 106 Å². The van der Waals surface area contributed by atoms with E-state index < -0.39 is 17.8 Å². The summed E-state index contributed by atoms with van der Waals surface area (Å²) in [7, 11) is 0. The van der Waals surface area contributed by atoms with E-state index in [1.165, 1.54) is 6.21 Å². The van der Waals surface area contributed by atoms with Crippen LogP contribution in [0.4, 0.5) is 5.69 Å². The second-order valence-corrected chi connectivity index (χ2v) is 7.37. The van der Waals surface area contributed by atoms with Gasteiger partial charge >= 0.3 is 17.8 Å². The molecule has 0 bridgehead atoms. The summed E-state index contributed by atoms with van der Waals surface area (Å²) in [5, 5.41) is 6.46. The number of anilines is 1. The summed E-state index contributed by atoms with van der Waals surface area (Å²) in [6.07, 6.45) is 2.25. The Morgan fingerprint density at radius 2 is 1.59 bits per heavy atom. The SMILES string of the molecule is CCCOc1ccc(C(=O)Oc2ccc(C=NNC(=O)C(=O)Nc3ccccc3Cl)cc2)cc1. The average molecular weight is 480 g/mol. The lowest BCUT2D eigenvalue weighted by molar-refractivity contribution is -0.136. The van der Waals surface area contributed by atoms with Gasteiger partial charge in [-0.1, -0.05) is 30.7 Å². The van der Waals surface area contributed by atoms with Crippen LogP contribution in [0, 0.1) is 0 Å². The van der Waals surface area contributed by atoms with Gasteiger partial charge in [0.05, 0.1) is 29.1 Å². The van der Waals surface area contributed by atoms with Crippen molar-refractivity contribution >= 4 is 41.3 Å². The Morgan fingerprint density at radius 1 is 0.912 bits per heavy atom. The number of hydrogen-bond acceptors (Lipinski definition) is 6. The molecule has 0 aliphatic heterocycles. The summed E-state index contributed by atoms with van der Waals surface area (Å²) in [5.74, 6) is -1.32. The van der Waals surface area contributed by atoms with Crippen molar-refractivity contribution in [3.63, 3.8) is 0 Å². The Morgan fingerprint density at radius 3 is 2.26 bits per heavy atom. The molecule has 34 heavy (non-hydrogen) atoms. The summed E-state index contributed by atoms with van der Waals surface area (Å²) >= 11 is 5.95. The van der Waals surface area contributed by atoms with E-state index in [2.05, 4.69) is 15.8 Å². The fraction of sp³-hybridized carbons (Fsp3) is 0.120. The van der Waals surface area contributed by atoms with E-state index in [1.807, 2.05) is 6.92 Å². The van der Waals surface area contributed by atoms with Crippen LogP contribution in [0.5, 0.6) is 11.5 Å². The normalized spacial score (nSPS) is 10.5. The highest BCUT2D eigenvalue weighted by molar-refractivity contribution is 6.41. The van der Waals surface area contributed by atoms with Crippen molar-refractivity contribution in [1.82, 2.24) is 5.43 Å². The minimum atomic E-state index is -0.951. The number of nitrogens with zero attached hydrogens (tertiary/aromatic N) is 1. The van der Waals surface area contributed by atoms with Gasteiger partial charge in [0.25, 0.3) is 0 Å². The molecule has 0 atom stereocenters. The zero-order valence-corrected chi connectivity index (χ0v) is 19.0. The van der Waals surface area contributed by atoms with Gasteiger partial charge in [0, 0.05) is 0 Å². The predicted molar refractivity (Wildman–Crippen MR) is 129 cm³/mol. The predicted octanol–water partition coefficient (Wildman–Crippen LogP) is 4.44. The Balaban J connectivity index is 1.49. The number of amides is 2. The third kappa shape index (κ3) is 7.18. The van der Waals surface area contributed by atoms with Gasteiger partial charge in [0.15, 0.2) is 0 Å². The Hall–Kier alpha value is -4.17. The smallest absolute Gasteiger partial charge is 0.343 e. The zero-order valence-electron chi connectivity index (χ0n) is 18.3. The summed E-state index contributed by atoms with van der Waals surface area (Å²) in [5.41, 5.74) is 3.47. The molecule has 0 aliphatic rings. The third-order valence-electron chi connectivity index (χ3n) is 4.36.